The quantitative estimate of drug-likeness (QED) is 0.635. The van der Waals surface area contributed by atoms with Crippen molar-refractivity contribution in [1.82, 2.24) is 15.1 Å². The van der Waals surface area contributed by atoms with Gasteiger partial charge in [-0.25, -0.2) is 0 Å². The number of nitrogens with zero attached hydrogens (tertiary/aromatic N) is 3. The molecule has 2 aliphatic rings. The monoisotopic (exact) mass is 280 g/mol. The van der Waals surface area contributed by atoms with Crippen LogP contribution in [-0.2, 0) is 0 Å². The van der Waals surface area contributed by atoms with Crippen LogP contribution in [0.5, 0.6) is 0 Å². The molecule has 2 aliphatic heterocycles. The Labute approximate surface area is 124 Å². The van der Waals surface area contributed by atoms with Gasteiger partial charge in [0, 0.05) is 33.2 Å². The molecule has 0 radical (unpaired) electrons. The molecule has 0 bridgehead atoms. The van der Waals surface area contributed by atoms with Crippen molar-refractivity contribution in [1.29, 1.82) is 0 Å². The van der Waals surface area contributed by atoms with E-state index in [0.717, 1.165) is 32.1 Å². The molecule has 2 rings (SSSR count). The van der Waals surface area contributed by atoms with Crippen LogP contribution in [0.2, 0.25) is 0 Å². The fraction of sp³-hybridized carbons (Fsp3) is 0.938. The van der Waals surface area contributed by atoms with E-state index in [-0.39, 0.29) is 0 Å². The lowest BCUT2D eigenvalue weighted by Crippen LogP contribution is -2.43. The van der Waals surface area contributed by atoms with Crippen molar-refractivity contribution in [3.8, 4) is 0 Å². The SMILES string of the molecule is CN=C(NCCN1CCCCCC1)N1CCC(C)(C)C1. The van der Waals surface area contributed by atoms with E-state index >= 15 is 0 Å². The summed E-state index contributed by atoms with van der Waals surface area (Å²) in [5.41, 5.74) is 0.433. The third kappa shape index (κ3) is 4.65. The van der Waals surface area contributed by atoms with Gasteiger partial charge in [-0.1, -0.05) is 26.7 Å². The summed E-state index contributed by atoms with van der Waals surface area (Å²) in [6.45, 7) is 11.7. The Bertz CT molecular complexity index is 316. The Morgan fingerprint density at radius 2 is 1.80 bits per heavy atom. The molecule has 0 spiro atoms. The summed E-state index contributed by atoms with van der Waals surface area (Å²) in [7, 11) is 1.90. The lowest BCUT2D eigenvalue weighted by molar-refractivity contribution is 0.287. The minimum atomic E-state index is 0.433. The fourth-order valence-electron chi connectivity index (χ4n) is 3.31. The molecule has 4 heteroatoms. The Balaban J connectivity index is 1.71. The third-order valence-corrected chi connectivity index (χ3v) is 4.60. The van der Waals surface area contributed by atoms with Crippen LogP contribution >= 0.6 is 0 Å². The van der Waals surface area contributed by atoms with Crippen LogP contribution in [0.15, 0.2) is 4.99 Å². The minimum Gasteiger partial charge on any atom is -0.355 e. The first-order chi connectivity index (χ1) is 9.61. The van der Waals surface area contributed by atoms with Gasteiger partial charge in [-0.15, -0.1) is 0 Å². The van der Waals surface area contributed by atoms with E-state index in [2.05, 4.69) is 34.0 Å². The minimum absolute atomic E-state index is 0.433. The van der Waals surface area contributed by atoms with Crippen molar-refractivity contribution < 1.29 is 0 Å². The van der Waals surface area contributed by atoms with E-state index in [4.69, 9.17) is 0 Å². The lowest BCUT2D eigenvalue weighted by Gasteiger charge is -2.25. The molecule has 0 atom stereocenters. The highest BCUT2D eigenvalue weighted by atomic mass is 15.3. The van der Waals surface area contributed by atoms with Crippen molar-refractivity contribution in [2.75, 3.05) is 46.3 Å². The van der Waals surface area contributed by atoms with E-state index in [1.807, 2.05) is 7.05 Å². The first kappa shape index (κ1) is 15.6. The first-order valence-electron chi connectivity index (χ1n) is 8.29. The van der Waals surface area contributed by atoms with Crippen LogP contribution in [-0.4, -0.2) is 62.1 Å². The van der Waals surface area contributed by atoms with E-state index < -0.39 is 0 Å². The van der Waals surface area contributed by atoms with Crippen LogP contribution in [0.25, 0.3) is 0 Å². The molecule has 0 aliphatic carbocycles. The second-order valence-electron chi connectivity index (χ2n) is 7.07. The standard InChI is InChI=1S/C16H32N4/c1-16(2)8-12-20(14-16)15(17-3)18-9-13-19-10-6-4-5-7-11-19/h4-14H2,1-3H3,(H,17,18). The first-order valence-corrected chi connectivity index (χ1v) is 8.29. The summed E-state index contributed by atoms with van der Waals surface area (Å²) in [5.74, 6) is 1.09. The van der Waals surface area contributed by atoms with Crippen molar-refractivity contribution in [3.05, 3.63) is 0 Å². The highest BCUT2D eigenvalue weighted by Gasteiger charge is 2.30. The van der Waals surface area contributed by atoms with Gasteiger partial charge in [-0.3, -0.25) is 4.99 Å². The van der Waals surface area contributed by atoms with Gasteiger partial charge in [0.25, 0.3) is 0 Å². The normalized spacial score (nSPS) is 24.8. The molecule has 0 aromatic rings. The predicted octanol–water partition coefficient (Wildman–Crippen LogP) is 2.17. The zero-order valence-electron chi connectivity index (χ0n) is 13.6. The zero-order valence-corrected chi connectivity index (χ0v) is 13.6. The molecular formula is C16H32N4. The van der Waals surface area contributed by atoms with Gasteiger partial charge in [0.2, 0.25) is 0 Å². The van der Waals surface area contributed by atoms with Crippen LogP contribution in [0, 0.1) is 5.41 Å². The van der Waals surface area contributed by atoms with Crippen LogP contribution < -0.4 is 5.32 Å². The number of rotatable bonds is 3. The zero-order chi connectivity index (χ0) is 14.4. The maximum Gasteiger partial charge on any atom is 0.193 e. The van der Waals surface area contributed by atoms with Gasteiger partial charge < -0.3 is 15.1 Å². The molecule has 4 nitrogen and oxygen atoms in total. The Kier molecular flexibility index (Phi) is 5.70. The van der Waals surface area contributed by atoms with Crippen molar-refractivity contribution in [3.63, 3.8) is 0 Å². The summed E-state index contributed by atoms with van der Waals surface area (Å²) in [6, 6.07) is 0. The van der Waals surface area contributed by atoms with Gasteiger partial charge in [-0.05, 0) is 37.8 Å². The lowest BCUT2D eigenvalue weighted by atomic mass is 9.93. The summed E-state index contributed by atoms with van der Waals surface area (Å²) in [6.07, 6.45) is 6.83. The van der Waals surface area contributed by atoms with Crippen LogP contribution in [0.3, 0.4) is 0 Å². The third-order valence-electron chi connectivity index (χ3n) is 4.60. The average molecular weight is 280 g/mol. The second kappa shape index (κ2) is 7.30. The maximum atomic E-state index is 4.45. The molecule has 1 N–H and O–H groups in total. The molecule has 116 valence electrons. The van der Waals surface area contributed by atoms with Crippen molar-refractivity contribution in [2.45, 2.75) is 46.0 Å². The number of aliphatic imine (C=N–C) groups is 1. The Morgan fingerprint density at radius 3 is 2.35 bits per heavy atom. The van der Waals surface area contributed by atoms with Gasteiger partial charge >= 0.3 is 0 Å². The Morgan fingerprint density at radius 1 is 1.10 bits per heavy atom. The number of hydrogen-bond acceptors (Lipinski definition) is 2. The fourth-order valence-corrected chi connectivity index (χ4v) is 3.31. The highest BCUT2D eigenvalue weighted by molar-refractivity contribution is 5.80. The molecule has 0 amide bonds. The number of nitrogens with one attached hydrogen (secondary N) is 1. The molecule has 0 unspecified atom stereocenters. The molecular weight excluding hydrogens is 248 g/mol. The highest BCUT2D eigenvalue weighted by Crippen LogP contribution is 2.28. The van der Waals surface area contributed by atoms with Crippen molar-refractivity contribution in [2.24, 2.45) is 10.4 Å². The number of likely N-dealkylation sites (tertiary alicyclic amines) is 2. The number of hydrogen-bond donors (Lipinski definition) is 1. The molecule has 0 aromatic heterocycles. The predicted molar refractivity (Wildman–Crippen MR) is 86.2 cm³/mol. The van der Waals surface area contributed by atoms with E-state index in [0.29, 0.717) is 5.41 Å². The molecule has 2 fully saturated rings. The summed E-state index contributed by atoms with van der Waals surface area (Å²) in [5, 5.41) is 3.55. The Hall–Kier alpha value is -0.770. The van der Waals surface area contributed by atoms with E-state index in [1.165, 1.54) is 45.2 Å². The average Bonchev–Trinajstić information content (AvgIpc) is 2.64. The van der Waals surface area contributed by atoms with E-state index in [1.54, 1.807) is 0 Å². The summed E-state index contributed by atoms with van der Waals surface area (Å²) >= 11 is 0. The van der Waals surface area contributed by atoms with Gasteiger partial charge in [0.15, 0.2) is 5.96 Å². The molecule has 0 saturated carbocycles. The van der Waals surface area contributed by atoms with Gasteiger partial charge in [0.05, 0.1) is 0 Å². The summed E-state index contributed by atoms with van der Waals surface area (Å²) in [4.78, 5) is 9.45. The van der Waals surface area contributed by atoms with Crippen molar-refractivity contribution >= 4 is 5.96 Å². The van der Waals surface area contributed by atoms with Crippen LogP contribution in [0.1, 0.15) is 46.0 Å². The molecule has 20 heavy (non-hydrogen) atoms. The maximum absolute atomic E-state index is 4.45. The van der Waals surface area contributed by atoms with Gasteiger partial charge in [0.1, 0.15) is 0 Å². The molecule has 0 aromatic carbocycles. The van der Waals surface area contributed by atoms with E-state index in [9.17, 15) is 0 Å². The second-order valence-corrected chi connectivity index (χ2v) is 7.07. The molecule has 2 heterocycles. The number of guanidine groups is 1. The summed E-state index contributed by atoms with van der Waals surface area (Å²) < 4.78 is 0. The van der Waals surface area contributed by atoms with Gasteiger partial charge in [-0.2, -0.15) is 0 Å². The molecule has 2 saturated heterocycles. The topological polar surface area (TPSA) is 30.9 Å². The van der Waals surface area contributed by atoms with Crippen LogP contribution in [0.4, 0.5) is 0 Å². The smallest absolute Gasteiger partial charge is 0.193 e. The largest absolute Gasteiger partial charge is 0.355 e.